The van der Waals surface area contributed by atoms with Gasteiger partial charge in [-0.05, 0) is 38.0 Å². The molecule has 0 spiro atoms. The van der Waals surface area contributed by atoms with Gasteiger partial charge in [0.05, 0.1) is 0 Å². The van der Waals surface area contributed by atoms with E-state index in [-0.39, 0.29) is 5.54 Å². The van der Waals surface area contributed by atoms with Crippen molar-refractivity contribution in [1.82, 2.24) is 5.32 Å². The Morgan fingerprint density at radius 2 is 1.47 bits per heavy atom. The lowest BCUT2D eigenvalue weighted by molar-refractivity contribution is 0.202. The predicted octanol–water partition coefficient (Wildman–Crippen LogP) is 4.23. The van der Waals surface area contributed by atoms with Crippen molar-refractivity contribution in [2.45, 2.75) is 79.8 Å². The van der Waals surface area contributed by atoms with Crippen LogP contribution in [0.5, 0.6) is 0 Å². The van der Waals surface area contributed by atoms with Crippen molar-refractivity contribution in [1.29, 1.82) is 0 Å². The molecule has 0 aromatic rings. The quantitative estimate of drug-likeness (QED) is 0.721. The van der Waals surface area contributed by atoms with E-state index in [1.54, 1.807) is 0 Å². The van der Waals surface area contributed by atoms with E-state index < -0.39 is 0 Å². The third-order valence-corrected chi connectivity index (χ3v) is 2.79. The fourth-order valence-corrected chi connectivity index (χ4v) is 2.62. The minimum absolute atomic E-state index is 0.239. The van der Waals surface area contributed by atoms with E-state index >= 15 is 0 Å². The summed E-state index contributed by atoms with van der Waals surface area (Å²) >= 11 is 0. The first kappa shape index (κ1) is 15.0. The molecule has 1 unspecified atom stereocenters. The van der Waals surface area contributed by atoms with Crippen molar-refractivity contribution in [2.75, 3.05) is 0 Å². The summed E-state index contributed by atoms with van der Waals surface area (Å²) < 4.78 is 0. The van der Waals surface area contributed by atoms with Crippen LogP contribution in [0.25, 0.3) is 0 Å². The monoisotopic (exact) mass is 213 g/mol. The summed E-state index contributed by atoms with van der Waals surface area (Å²) in [5, 5.41) is 3.80. The van der Waals surface area contributed by atoms with Gasteiger partial charge in [-0.3, -0.25) is 0 Å². The second kappa shape index (κ2) is 5.34. The van der Waals surface area contributed by atoms with Gasteiger partial charge in [-0.2, -0.15) is 0 Å². The molecule has 1 nitrogen and oxygen atoms in total. The molecule has 92 valence electrons. The molecule has 0 radical (unpaired) electrons. The summed E-state index contributed by atoms with van der Waals surface area (Å²) in [4.78, 5) is 0. The van der Waals surface area contributed by atoms with Crippen LogP contribution in [-0.2, 0) is 0 Å². The van der Waals surface area contributed by atoms with Gasteiger partial charge < -0.3 is 5.32 Å². The summed E-state index contributed by atoms with van der Waals surface area (Å²) in [6.45, 7) is 18.5. The Morgan fingerprint density at radius 1 is 1.00 bits per heavy atom. The van der Waals surface area contributed by atoms with Gasteiger partial charge >= 0.3 is 0 Å². The predicted molar refractivity (Wildman–Crippen MR) is 70.2 cm³/mol. The minimum atomic E-state index is 0.239. The van der Waals surface area contributed by atoms with Gasteiger partial charge in [0.2, 0.25) is 0 Å². The van der Waals surface area contributed by atoms with E-state index in [0.717, 1.165) is 0 Å². The Kier molecular flexibility index (Phi) is 5.32. The fraction of sp³-hybridized carbons (Fsp3) is 1.00. The van der Waals surface area contributed by atoms with Crippen LogP contribution in [0, 0.1) is 11.3 Å². The van der Waals surface area contributed by atoms with Gasteiger partial charge in [0.1, 0.15) is 0 Å². The van der Waals surface area contributed by atoms with E-state index in [2.05, 4.69) is 60.7 Å². The molecular weight excluding hydrogens is 182 g/mol. The first-order valence-electron chi connectivity index (χ1n) is 6.35. The Hall–Kier alpha value is -0.0400. The summed E-state index contributed by atoms with van der Waals surface area (Å²) in [5.41, 5.74) is 0.634. The van der Waals surface area contributed by atoms with Gasteiger partial charge in [-0.1, -0.05) is 41.5 Å². The first-order valence-corrected chi connectivity index (χ1v) is 6.35. The van der Waals surface area contributed by atoms with Crippen LogP contribution in [0.15, 0.2) is 0 Å². The molecule has 0 aliphatic carbocycles. The topological polar surface area (TPSA) is 12.0 Å². The highest BCUT2D eigenvalue weighted by Gasteiger charge is 2.27. The number of hydrogen-bond donors (Lipinski definition) is 1. The van der Waals surface area contributed by atoms with E-state index in [1.807, 2.05) is 0 Å². The third kappa shape index (κ3) is 6.94. The third-order valence-electron chi connectivity index (χ3n) is 2.79. The molecular formula is C14H31N. The lowest BCUT2D eigenvalue weighted by Crippen LogP contribution is -2.49. The fourth-order valence-electron chi connectivity index (χ4n) is 2.62. The maximum Gasteiger partial charge on any atom is 0.0132 e. The van der Waals surface area contributed by atoms with Crippen molar-refractivity contribution >= 4 is 0 Å². The Labute approximate surface area is 97.0 Å². The highest BCUT2D eigenvalue weighted by atomic mass is 15.0. The molecule has 0 fully saturated rings. The van der Waals surface area contributed by atoms with Gasteiger partial charge in [0.25, 0.3) is 0 Å². The van der Waals surface area contributed by atoms with E-state index in [9.17, 15) is 0 Å². The molecule has 0 rings (SSSR count). The lowest BCUT2D eigenvalue weighted by atomic mass is 9.81. The van der Waals surface area contributed by atoms with Crippen molar-refractivity contribution < 1.29 is 0 Å². The SMILES string of the molecule is CCC(NC(C)(C)CC(C)(C)C)C(C)C. The van der Waals surface area contributed by atoms with Crippen LogP contribution >= 0.6 is 0 Å². The van der Waals surface area contributed by atoms with Gasteiger partial charge in [0, 0.05) is 11.6 Å². The van der Waals surface area contributed by atoms with Crippen LogP contribution in [0.3, 0.4) is 0 Å². The summed E-state index contributed by atoms with van der Waals surface area (Å²) in [7, 11) is 0. The normalized spacial score (nSPS) is 15.8. The Morgan fingerprint density at radius 3 is 1.73 bits per heavy atom. The molecule has 0 aromatic heterocycles. The van der Waals surface area contributed by atoms with Crippen molar-refractivity contribution in [3.8, 4) is 0 Å². The number of hydrogen-bond acceptors (Lipinski definition) is 1. The van der Waals surface area contributed by atoms with Crippen molar-refractivity contribution in [2.24, 2.45) is 11.3 Å². The largest absolute Gasteiger partial charge is 0.309 e. The molecule has 1 N–H and O–H groups in total. The second-order valence-electron chi connectivity index (χ2n) is 7.02. The average molecular weight is 213 g/mol. The molecule has 1 heteroatoms. The zero-order valence-corrected chi connectivity index (χ0v) is 12.1. The Bertz CT molecular complexity index is 174. The van der Waals surface area contributed by atoms with Crippen LogP contribution in [0.2, 0.25) is 0 Å². The molecule has 1 atom stereocenters. The van der Waals surface area contributed by atoms with Crippen LogP contribution in [0.4, 0.5) is 0 Å². The summed E-state index contributed by atoms with van der Waals surface area (Å²) in [6.07, 6.45) is 2.43. The summed E-state index contributed by atoms with van der Waals surface area (Å²) in [6, 6.07) is 0.641. The average Bonchev–Trinajstić information content (AvgIpc) is 1.94. The first-order chi connectivity index (χ1) is 6.57. The van der Waals surface area contributed by atoms with E-state index in [0.29, 0.717) is 17.4 Å². The standard InChI is InChI=1S/C14H31N/c1-9-12(11(2)3)15-14(7,8)10-13(4,5)6/h11-12,15H,9-10H2,1-8H3. The van der Waals surface area contributed by atoms with Crippen LogP contribution in [-0.4, -0.2) is 11.6 Å². The molecule has 0 bridgehead atoms. The maximum absolute atomic E-state index is 3.80. The van der Waals surface area contributed by atoms with Crippen molar-refractivity contribution in [3.63, 3.8) is 0 Å². The zero-order chi connectivity index (χ0) is 12.3. The molecule has 0 aliphatic rings. The highest BCUT2D eigenvalue weighted by Crippen LogP contribution is 2.28. The lowest BCUT2D eigenvalue weighted by Gasteiger charge is -2.38. The molecule has 0 aliphatic heterocycles. The molecule has 15 heavy (non-hydrogen) atoms. The number of rotatable bonds is 5. The van der Waals surface area contributed by atoms with Crippen LogP contribution in [0.1, 0.15) is 68.2 Å². The second-order valence-corrected chi connectivity index (χ2v) is 7.02. The zero-order valence-electron chi connectivity index (χ0n) is 12.1. The smallest absolute Gasteiger partial charge is 0.0132 e. The highest BCUT2D eigenvalue weighted by molar-refractivity contribution is 4.87. The Balaban J connectivity index is 4.35. The molecule has 0 aromatic carbocycles. The van der Waals surface area contributed by atoms with Gasteiger partial charge in [0.15, 0.2) is 0 Å². The van der Waals surface area contributed by atoms with Gasteiger partial charge in [-0.15, -0.1) is 0 Å². The van der Waals surface area contributed by atoms with Crippen LogP contribution < -0.4 is 5.32 Å². The van der Waals surface area contributed by atoms with E-state index in [4.69, 9.17) is 0 Å². The maximum atomic E-state index is 3.80. The summed E-state index contributed by atoms with van der Waals surface area (Å²) in [5.74, 6) is 0.717. The van der Waals surface area contributed by atoms with Gasteiger partial charge in [-0.25, -0.2) is 0 Å². The molecule has 0 heterocycles. The molecule has 0 saturated heterocycles. The molecule has 0 saturated carbocycles. The van der Waals surface area contributed by atoms with E-state index in [1.165, 1.54) is 12.8 Å². The van der Waals surface area contributed by atoms with Crippen molar-refractivity contribution in [3.05, 3.63) is 0 Å². The number of nitrogens with one attached hydrogen (secondary N) is 1. The molecule has 0 amide bonds. The minimum Gasteiger partial charge on any atom is -0.309 e.